The van der Waals surface area contributed by atoms with Crippen molar-refractivity contribution in [1.29, 1.82) is 0 Å². The molecule has 0 spiro atoms. The summed E-state index contributed by atoms with van der Waals surface area (Å²) in [6.45, 7) is 6.36. The van der Waals surface area contributed by atoms with Gasteiger partial charge in [0.1, 0.15) is 0 Å². The standard InChI is InChI=1S/C22H25ClN4O4/c1-14(2)13-24-21(28)18-11-15(5-8-20(18)26-9-3-4-10-26)25-22(29)17-7-6-16(27(30)31)12-19(17)23/h5-8,11-12,14H,3-4,9-10,13H2,1-2H3,(H,24,28)(H,25,29). The highest BCUT2D eigenvalue weighted by Gasteiger charge is 2.21. The third-order valence-electron chi connectivity index (χ3n) is 5.02. The molecule has 0 aliphatic carbocycles. The van der Waals surface area contributed by atoms with E-state index in [1.165, 1.54) is 12.1 Å². The summed E-state index contributed by atoms with van der Waals surface area (Å²) < 4.78 is 0. The van der Waals surface area contributed by atoms with Crippen LogP contribution >= 0.6 is 11.6 Å². The Morgan fingerprint density at radius 1 is 1.10 bits per heavy atom. The normalized spacial score (nSPS) is 13.4. The molecule has 1 aliphatic heterocycles. The molecule has 1 aliphatic rings. The van der Waals surface area contributed by atoms with Gasteiger partial charge in [-0.05, 0) is 43.0 Å². The van der Waals surface area contributed by atoms with Crippen LogP contribution in [0.3, 0.4) is 0 Å². The largest absolute Gasteiger partial charge is 0.371 e. The van der Waals surface area contributed by atoms with Gasteiger partial charge in [-0.25, -0.2) is 0 Å². The van der Waals surface area contributed by atoms with Crippen molar-refractivity contribution in [3.63, 3.8) is 0 Å². The third-order valence-corrected chi connectivity index (χ3v) is 5.34. The second-order valence-electron chi connectivity index (χ2n) is 7.91. The summed E-state index contributed by atoms with van der Waals surface area (Å²) in [5.41, 5.74) is 1.69. The SMILES string of the molecule is CC(C)CNC(=O)c1cc(NC(=O)c2ccc([N+](=O)[O-])cc2Cl)ccc1N1CCCC1. The minimum absolute atomic E-state index is 0.0183. The lowest BCUT2D eigenvalue weighted by atomic mass is 10.1. The highest BCUT2D eigenvalue weighted by atomic mass is 35.5. The molecule has 0 aromatic heterocycles. The van der Waals surface area contributed by atoms with E-state index in [0.717, 1.165) is 37.7 Å². The Labute approximate surface area is 185 Å². The molecular weight excluding hydrogens is 420 g/mol. The predicted octanol–water partition coefficient (Wildman–Crippen LogP) is 4.49. The van der Waals surface area contributed by atoms with Gasteiger partial charge in [0.25, 0.3) is 17.5 Å². The zero-order valence-electron chi connectivity index (χ0n) is 17.5. The number of benzene rings is 2. The van der Waals surface area contributed by atoms with Crippen molar-refractivity contribution in [2.24, 2.45) is 5.92 Å². The summed E-state index contributed by atoms with van der Waals surface area (Å²) in [4.78, 5) is 38.0. The molecule has 0 atom stereocenters. The van der Waals surface area contributed by atoms with Crippen LogP contribution in [0.2, 0.25) is 5.02 Å². The summed E-state index contributed by atoms with van der Waals surface area (Å²) in [6, 6.07) is 8.90. The smallest absolute Gasteiger partial charge is 0.270 e. The number of halogens is 1. The van der Waals surface area contributed by atoms with E-state index in [4.69, 9.17) is 11.6 Å². The molecule has 2 amide bonds. The number of carbonyl (C=O) groups excluding carboxylic acids is 2. The number of nitrogens with zero attached hydrogens (tertiary/aromatic N) is 2. The molecule has 3 rings (SSSR count). The fourth-order valence-corrected chi connectivity index (χ4v) is 3.68. The molecule has 8 nitrogen and oxygen atoms in total. The summed E-state index contributed by atoms with van der Waals surface area (Å²) in [5.74, 6) is -0.395. The minimum atomic E-state index is -0.577. The molecule has 1 fully saturated rings. The number of nitro benzene ring substituents is 1. The van der Waals surface area contributed by atoms with Gasteiger partial charge < -0.3 is 15.5 Å². The fourth-order valence-electron chi connectivity index (χ4n) is 3.42. The van der Waals surface area contributed by atoms with Crippen molar-refractivity contribution < 1.29 is 14.5 Å². The van der Waals surface area contributed by atoms with Crippen molar-refractivity contribution in [1.82, 2.24) is 5.32 Å². The molecule has 1 saturated heterocycles. The quantitative estimate of drug-likeness (QED) is 0.483. The van der Waals surface area contributed by atoms with Gasteiger partial charge in [0.15, 0.2) is 0 Å². The maximum atomic E-state index is 12.9. The van der Waals surface area contributed by atoms with Gasteiger partial charge in [-0.15, -0.1) is 0 Å². The Bertz CT molecular complexity index is 1000. The van der Waals surface area contributed by atoms with Crippen molar-refractivity contribution >= 4 is 40.5 Å². The van der Waals surface area contributed by atoms with E-state index in [1.54, 1.807) is 12.1 Å². The molecule has 2 N–H and O–H groups in total. The van der Waals surface area contributed by atoms with Crippen molar-refractivity contribution in [3.05, 3.63) is 62.7 Å². The van der Waals surface area contributed by atoms with E-state index in [0.29, 0.717) is 23.7 Å². The second kappa shape index (κ2) is 9.78. The van der Waals surface area contributed by atoms with E-state index in [2.05, 4.69) is 15.5 Å². The van der Waals surface area contributed by atoms with Crippen LogP contribution in [0.5, 0.6) is 0 Å². The predicted molar refractivity (Wildman–Crippen MR) is 121 cm³/mol. The molecule has 164 valence electrons. The molecule has 31 heavy (non-hydrogen) atoms. The molecule has 2 aromatic carbocycles. The number of nitro groups is 1. The maximum Gasteiger partial charge on any atom is 0.270 e. The average molecular weight is 445 g/mol. The molecule has 0 unspecified atom stereocenters. The Morgan fingerprint density at radius 2 is 1.81 bits per heavy atom. The number of amides is 2. The van der Waals surface area contributed by atoms with Crippen molar-refractivity contribution in [2.75, 3.05) is 29.9 Å². The molecule has 2 aromatic rings. The average Bonchev–Trinajstić information content (AvgIpc) is 3.26. The van der Waals surface area contributed by atoms with Crippen LogP contribution in [0.15, 0.2) is 36.4 Å². The number of rotatable bonds is 7. The van der Waals surface area contributed by atoms with Crippen LogP contribution in [0.4, 0.5) is 17.1 Å². The number of hydrogen-bond acceptors (Lipinski definition) is 5. The summed E-state index contributed by atoms with van der Waals surface area (Å²) in [6.07, 6.45) is 2.15. The van der Waals surface area contributed by atoms with E-state index < -0.39 is 10.8 Å². The Kier molecular flexibility index (Phi) is 7.12. The maximum absolute atomic E-state index is 12.9. The number of carbonyl (C=O) groups is 2. The molecule has 0 bridgehead atoms. The van der Waals surface area contributed by atoms with Crippen molar-refractivity contribution in [3.8, 4) is 0 Å². The van der Waals surface area contributed by atoms with E-state index >= 15 is 0 Å². The molecule has 1 heterocycles. The Hall–Kier alpha value is -3.13. The van der Waals surface area contributed by atoms with Crippen LogP contribution in [-0.4, -0.2) is 36.4 Å². The van der Waals surface area contributed by atoms with Crippen LogP contribution in [-0.2, 0) is 0 Å². The molecule has 0 saturated carbocycles. The highest BCUT2D eigenvalue weighted by molar-refractivity contribution is 6.34. The van der Waals surface area contributed by atoms with Gasteiger partial charge >= 0.3 is 0 Å². The van der Waals surface area contributed by atoms with Gasteiger partial charge in [0, 0.05) is 43.1 Å². The monoisotopic (exact) mass is 444 g/mol. The van der Waals surface area contributed by atoms with E-state index in [9.17, 15) is 19.7 Å². The zero-order chi connectivity index (χ0) is 22.5. The zero-order valence-corrected chi connectivity index (χ0v) is 18.2. The van der Waals surface area contributed by atoms with Crippen LogP contribution in [0.1, 0.15) is 47.4 Å². The Morgan fingerprint density at radius 3 is 2.42 bits per heavy atom. The van der Waals surface area contributed by atoms with Gasteiger partial charge in [-0.1, -0.05) is 25.4 Å². The number of nitrogens with one attached hydrogen (secondary N) is 2. The lowest BCUT2D eigenvalue weighted by molar-refractivity contribution is -0.384. The van der Waals surface area contributed by atoms with Crippen molar-refractivity contribution in [2.45, 2.75) is 26.7 Å². The Balaban J connectivity index is 1.85. The first-order chi connectivity index (χ1) is 14.8. The summed E-state index contributed by atoms with van der Waals surface area (Å²) in [5, 5.41) is 16.5. The van der Waals surface area contributed by atoms with E-state index in [1.807, 2.05) is 19.9 Å². The topological polar surface area (TPSA) is 105 Å². The van der Waals surface area contributed by atoms with E-state index in [-0.39, 0.29) is 22.2 Å². The highest BCUT2D eigenvalue weighted by Crippen LogP contribution is 2.29. The van der Waals surface area contributed by atoms with Gasteiger partial charge in [0.05, 0.1) is 21.1 Å². The second-order valence-corrected chi connectivity index (χ2v) is 8.31. The van der Waals surface area contributed by atoms with Gasteiger partial charge in [0.2, 0.25) is 0 Å². The minimum Gasteiger partial charge on any atom is -0.371 e. The van der Waals surface area contributed by atoms with Crippen LogP contribution in [0.25, 0.3) is 0 Å². The van der Waals surface area contributed by atoms with Crippen LogP contribution in [0, 0.1) is 16.0 Å². The van der Waals surface area contributed by atoms with Crippen LogP contribution < -0.4 is 15.5 Å². The molecular formula is C22H25ClN4O4. The van der Waals surface area contributed by atoms with Gasteiger partial charge in [-0.2, -0.15) is 0 Å². The summed E-state index contributed by atoms with van der Waals surface area (Å²) in [7, 11) is 0. The molecule has 9 heteroatoms. The number of hydrogen-bond donors (Lipinski definition) is 2. The lowest BCUT2D eigenvalue weighted by Gasteiger charge is -2.22. The lowest BCUT2D eigenvalue weighted by Crippen LogP contribution is -2.30. The first kappa shape index (κ1) is 22.6. The first-order valence-corrected chi connectivity index (χ1v) is 10.6. The number of non-ortho nitro benzene ring substituents is 1. The first-order valence-electron chi connectivity index (χ1n) is 10.2. The fraction of sp³-hybridized carbons (Fsp3) is 0.364. The third kappa shape index (κ3) is 5.52. The van der Waals surface area contributed by atoms with Gasteiger partial charge in [-0.3, -0.25) is 19.7 Å². The number of anilines is 2. The summed E-state index contributed by atoms with van der Waals surface area (Å²) >= 11 is 6.06. The molecule has 0 radical (unpaired) electrons.